The Bertz CT molecular complexity index is 368. The molecule has 0 atom stereocenters. The van der Waals surface area contributed by atoms with Crippen LogP contribution in [0.1, 0.15) is 0 Å². The van der Waals surface area contributed by atoms with E-state index in [4.69, 9.17) is 11.6 Å². The summed E-state index contributed by atoms with van der Waals surface area (Å²) < 4.78 is 0. The van der Waals surface area contributed by atoms with Crippen molar-refractivity contribution < 1.29 is 0 Å². The molecule has 1 aromatic carbocycles. The highest BCUT2D eigenvalue weighted by atomic mass is 35.5. The predicted molar refractivity (Wildman–Crippen MR) is 49.0 cm³/mol. The average Bonchev–Trinajstić information content (AvgIpc) is 2.56. The van der Waals surface area contributed by atoms with Crippen molar-refractivity contribution in [3.05, 3.63) is 41.7 Å². The van der Waals surface area contributed by atoms with E-state index in [9.17, 15) is 0 Å². The van der Waals surface area contributed by atoms with Gasteiger partial charge in [0, 0.05) is 16.8 Å². The molecule has 3 heteroatoms. The fourth-order valence-corrected chi connectivity index (χ4v) is 1.27. The van der Waals surface area contributed by atoms with Crippen LogP contribution in [0.3, 0.4) is 0 Å². The summed E-state index contributed by atoms with van der Waals surface area (Å²) in [5, 5.41) is 7.36. The van der Waals surface area contributed by atoms with Gasteiger partial charge >= 0.3 is 0 Å². The minimum Gasteiger partial charge on any atom is -0.285 e. The maximum Gasteiger partial charge on any atom is 0.0565 e. The van der Waals surface area contributed by atoms with Crippen molar-refractivity contribution in [1.82, 2.24) is 10.2 Å². The van der Waals surface area contributed by atoms with Gasteiger partial charge in [0.1, 0.15) is 0 Å². The molecule has 0 spiro atoms. The van der Waals surface area contributed by atoms with E-state index < -0.39 is 0 Å². The Morgan fingerprint density at radius 1 is 1.25 bits per heavy atom. The standard InChI is InChI=1S/C9H7ClN2/c10-9-3-1-2-7(4-9)8-5-11-12-6-8/h1-6H,(H,11,12). The molecule has 1 aromatic heterocycles. The summed E-state index contributed by atoms with van der Waals surface area (Å²) in [6.45, 7) is 0. The second kappa shape index (κ2) is 2.99. The Balaban J connectivity index is 2.48. The first-order valence-electron chi connectivity index (χ1n) is 3.61. The first kappa shape index (κ1) is 7.37. The molecule has 0 bridgehead atoms. The smallest absolute Gasteiger partial charge is 0.0565 e. The summed E-state index contributed by atoms with van der Waals surface area (Å²) >= 11 is 5.83. The van der Waals surface area contributed by atoms with E-state index in [1.54, 1.807) is 6.20 Å². The van der Waals surface area contributed by atoms with Crippen LogP contribution in [0.15, 0.2) is 36.7 Å². The van der Waals surface area contributed by atoms with Crippen LogP contribution >= 0.6 is 11.6 Å². The van der Waals surface area contributed by atoms with E-state index in [2.05, 4.69) is 10.2 Å². The van der Waals surface area contributed by atoms with Crippen LogP contribution in [-0.2, 0) is 0 Å². The number of nitrogens with zero attached hydrogens (tertiary/aromatic N) is 1. The molecule has 0 radical (unpaired) electrons. The second-order valence-corrected chi connectivity index (χ2v) is 2.93. The lowest BCUT2D eigenvalue weighted by atomic mass is 10.1. The molecule has 2 aromatic rings. The highest BCUT2D eigenvalue weighted by molar-refractivity contribution is 6.30. The minimum absolute atomic E-state index is 0.744. The highest BCUT2D eigenvalue weighted by Crippen LogP contribution is 2.20. The maximum absolute atomic E-state index is 5.83. The van der Waals surface area contributed by atoms with Crippen LogP contribution in [0.5, 0.6) is 0 Å². The Morgan fingerprint density at radius 3 is 2.83 bits per heavy atom. The molecule has 60 valence electrons. The van der Waals surface area contributed by atoms with Crippen molar-refractivity contribution in [1.29, 1.82) is 0 Å². The Kier molecular flexibility index (Phi) is 1.84. The molecule has 0 amide bonds. The molecule has 0 saturated carbocycles. The van der Waals surface area contributed by atoms with Crippen LogP contribution in [0, 0.1) is 0 Å². The van der Waals surface area contributed by atoms with Crippen LogP contribution in [0.4, 0.5) is 0 Å². The van der Waals surface area contributed by atoms with Crippen molar-refractivity contribution >= 4 is 11.6 Å². The normalized spacial score (nSPS) is 10.1. The highest BCUT2D eigenvalue weighted by Gasteiger charge is 1.97. The summed E-state index contributed by atoms with van der Waals surface area (Å²) in [6, 6.07) is 7.68. The molecule has 0 saturated heterocycles. The fourth-order valence-electron chi connectivity index (χ4n) is 1.08. The van der Waals surface area contributed by atoms with Crippen molar-refractivity contribution in [2.24, 2.45) is 0 Å². The van der Waals surface area contributed by atoms with E-state index in [0.717, 1.165) is 16.1 Å². The van der Waals surface area contributed by atoms with Gasteiger partial charge in [0.25, 0.3) is 0 Å². The molecule has 0 fully saturated rings. The zero-order valence-corrected chi connectivity index (χ0v) is 7.05. The number of hydrogen-bond donors (Lipinski definition) is 1. The number of rotatable bonds is 1. The van der Waals surface area contributed by atoms with E-state index >= 15 is 0 Å². The third-order valence-electron chi connectivity index (χ3n) is 1.66. The summed E-state index contributed by atoms with van der Waals surface area (Å²) in [4.78, 5) is 0. The lowest BCUT2D eigenvalue weighted by Crippen LogP contribution is -1.72. The zero-order valence-electron chi connectivity index (χ0n) is 6.29. The zero-order chi connectivity index (χ0) is 8.39. The SMILES string of the molecule is Clc1cccc(-c2cn[nH]c2)c1. The number of benzene rings is 1. The molecule has 0 aliphatic heterocycles. The Hall–Kier alpha value is -1.28. The average molecular weight is 179 g/mol. The van der Waals surface area contributed by atoms with Gasteiger partial charge in [0.05, 0.1) is 6.20 Å². The van der Waals surface area contributed by atoms with Gasteiger partial charge in [-0.05, 0) is 17.7 Å². The number of H-pyrrole nitrogens is 1. The molecular formula is C9H7ClN2. The minimum atomic E-state index is 0.744. The van der Waals surface area contributed by atoms with Gasteiger partial charge in [-0.1, -0.05) is 23.7 Å². The third-order valence-corrected chi connectivity index (χ3v) is 1.89. The second-order valence-electron chi connectivity index (χ2n) is 2.50. The summed E-state index contributed by atoms with van der Waals surface area (Å²) in [5.74, 6) is 0. The number of aromatic amines is 1. The van der Waals surface area contributed by atoms with Crippen molar-refractivity contribution in [2.75, 3.05) is 0 Å². The largest absolute Gasteiger partial charge is 0.285 e. The first-order valence-corrected chi connectivity index (χ1v) is 3.99. The lowest BCUT2D eigenvalue weighted by molar-refractivity contribution is 1.09. The van der Waals surface area contributed by atoms with Crippen LogP contribution < -0.4 is 0 Å². The molecule has 12 heavy (non-hydrogen) atoms. The first-order chi connectivity index (χ1) is 5.86. The van der Waals surface area contributed by atoms with Crippen LogP contribution in [0.2, 0.25) is 5.02 Å². The van der Waals surface area contributed by atoms with Crippen molar-refractivity contribution in [2.45, 2.75) is 0 Å². The monoisotopic (exact) mass is 178 g/mol. The van der Waals surface area contributed by atoms with Gasteiger partial charge in [-0.25, -0.2) is 0 Å². The van der Waals surface area contributed by atoms with Crippen LogP contribution in [0.25, 0.3) is 11.1 Å². The molecule has 0 aliphatic rings. The molecule has 0 aliphatic carbocycles. The van der Waals surface area contributed by atoms with Gasteiger partial charge in [0.2, 0.25) is 0 Å². The number of aromatic nitrogens is 2. The number of halogens is 1. The maximum atomic E-state index is 5.83. The quantitative estimate of drug-likeness (QED) is 0.715. The fraction of sp³-hybridized carbons (Fsp3) is 0. The van der Waals surface area contributed by atoms with Gasteiger partial charge in [0.15, 0.2) is 0 Å². The molecular weight excluding hydrogens is 172 g/mol. The van der Waals surface area contributed by atoms with E-state index in [1.165, 1.54) is 0 Å². The topological polar surface area (TPSA) is 28.7 Å². The van der Waals surface area contributed by atoms with Gasteiger partial charge in [-0.3, -0.25) is 5.10 Å². The van der Waals surface area contributed by atoms with Crippen LogP contribution in [-0.4, -0.2) is 10.2 Å². The van der Waals surface area contributed by atoms with E-state index in [1.807, 2.05) is 30.5 Å². The third kappa shape index (κ3) is 1.34. The van der Waals surface area contributed by atoms with E-state index in [-0.39, 0.29) is 0 Å². The van der Waals surface area contributed by atoms with Crippen molar-refractivity contribution in [3.63, 3.8) is 0 Å². The van der Waals surface area contributed by atoms with Crippen molar-refractivity contribution in [3.8, 4) is 11.1 Å². The number of hydrogen-bond acceptors (Lipinski definition) is 1. The summed E-state index contributed by atoms with van der Waals surface area (Å²) in [6.07, 6.45) is 3.61. The predicted octanol–water partition coefficient (Wildman–Crippen LogP) is 2.73. The molecule has 2 rings (SSSR count). The molecule has 0 unspecified atom stereocenters. The molecule has 1 heterocycles. The van der Waals surface area contributed by atoms with Gasteiger partial charge < -0.3 is 0 Å². The molecule has 2 nitrogen and oxygen atoms in total. The van der Waals surface area contributed by atoms with Gasteiger partial charge in [-0.15, -0.1) is 0 Å². The lowest BCUT2D eigenvalue weighted by Gasteiger charge is -1.95. The Morgan fingerprint density at radius 2 is 2.17 bits per heavy atom. The van der Waals surface area contributed by atoms with E-state index in [0.29, 0.717) is 0 Å². The number of nitrogens with one attached hydrogen (secondary N) is 1. The molecule has 1 N–H and O–H groups in total. The summed E-state index contributed by atoms with van der Waals surface area (Å²) in [7, 11) is 0. The summed E-state index contributed by atoms with van der Waals surface area (Å²) in [5.41, 5.74) is 2.13. The van der Waals surface area contributed by atoms with Gasteiger partial charge in [-0.2, -0.15) is 5.10 Å². The Labute approximate surface area is 75.2 Å².